The third kappa shape index (κ3) is 26.8. The topological polar surface area (TPSA) is 0 Å². The number of hydrogen-bond donors (Lipinski definition) is 8. The highest BCUT2D eigenvalue weighted by Gasteiger charge is 2.17. The summed E-state index contributed by atoms with van der Waals surface area (Å²) in [6, 6.07) is 0. The summed E-state index contributed by atoms with van der Waals surface area (Å²) in [4.78, 5) is 0. The van der Waals surface area contributed by atoms with Gasteiger partial charge in [0, 0.05) is 65.4 Å². The minimum atomic E-state index is 0.588. The van der Waals surface area contributed by atoms with E-state index in [0.29, 0.717) is 19.7 Å². The van der Waals surface area contributed by atoms with E-state index in [4.69, 9.17) is 0 Å². The molecule has 0 radical (unpaired) electrons. The summed E-state index contributed by atoms with van der Waals surface area (Å²) < 4.78 is 1.18. The fourth-order valence-electron chi connectivity index (χ4n) is 1.96. The van der Waals surface area contributed by atoms with Crippen LogP contribution < -0.4 is 0 Å². The van der Waals surface area contributed by atoms with Crippen molar-refractivity contribution in [3.05, 3.63) is 0 Å². The second-order valence-electron chi connectivity index (χ2n) is 5.62. The average molecular weight is 723 g/mol. The van der Waals surface area contributed by atoms with E-state index in [1.807, 2.05) is 82.3 Å². The lowest BCUT2D eigenvalue weighted by Gasteiger charge is -2.20. The van der Waals surface area contributed by atoms with E-state index in [1.165, 1.54) is 11.5 Å². The summed E-state index contributed by atoms with van der Waals surface area (Å²) in [7, 11) is 0. The van der Waals surface area contributed by atoms with E-state index in [2.05, 4.69) is 101 Å². The monoisotopic (exact) mass is 722 g/mol. The lowest BCUT2D eigenvalue weighted by atomic mass is 10.5. The maximum atomic E-state index is 4.44. The number of thioether (sulfide) groups is 7. The van der Waals surface area contributed by atoms with Gasteiger partial charge in [0.15, 0.2) is 0 Å². The molecule has 0 rings (SSSR count). The van der Waals surface area contributed by atoms with Crippen LogP contribution in [0.3, 0.4) is 0 Å². The molecule has 0 aromatic carbocycles. The van der Waals surface area contributed by atoms with Crippen LogP contribution in [0.5, 0.6) is 0 Å². The van der Waals surface area contributed by atoms with Crippen molar-refractivity contribution in [2.45, 2.75) is 26.1 Å². The zero-order valence-corrected chi connectivity index (χ0v) is 30.8. The Morgan fingerprint density at radius 2 is 0.844 bits per heavy atom. The molecule has 15 heteroatoms. The average Bonchev–Trinajstić information content (AvgIpc) is 2.78. The first kappa shape index (κ1) is 39.4. The molecule has 0 saturated carbocycles. The molecule has 0 saturated heterocycles. The first-order valence-electron chi connectivity index (χ1n) is 9.70. The molecule has 196 valence electrons. The van der Waals surface area contributed by atoms with Gasteiger partial charge in [-0.05, 0) is 17.9 Å². The molecule has 0 nitrogen and oxygen atoms in total. The standard InChI is InChI=1S/C10H22S7.C7H16S8/c11-1-3-15-7-9(5-13)17-10(6-14)8-16-4-2-12;8-2-12-6(13-3-9)1-7(14-4-10)15-5-11/h9-14H,1-8H2;6-11H,1-5H2. The van der Waals surface area contributed by atoms with E-state index in [9.17, 15) is 0 Å². The number of rotatable bonds is 22. The molecule has 0 aromatic heterocycles. The van der Waals surface area contributed by atoms with Crippen molar-refractivity contribution in [3.8, 4) is 0 Å². The Morgan fingerprint density at radius 1 is 0.500 bits per heavy atom. The molecule has 0 aliphatic heterocycles. The van der Waals surface area contributed by atoms with Gasteiger partial charge in [-0.2, -0.15) is 136 Å². The van der Waals surface area contributed by atoms with Crippen LogP contribution in [0.4, 0.5) is 0 Å². The van der Waals surface area contributed by atoms with Crippen LogP contribution in [0, 0.1) is 0 Å². The van der Waals surface area contributed by atoms with Gasteiger partial charge in [0.05, 0.1) is 9.16 Å². The minimum Gasteiger partial charge on any atom is -0.179 e. The Labute approximate surface area is 272 Å². The predicted molar refractivity (Wildman–Crippen MR) is 203 cm³/mol. The highest BCUT2D eigenvalue weighted by molar-refractivity contribution is 8.24. The van der Waals surface area contributed by atoms with Crippen LogP contribution in [-0.2, 0) is 0 Å². The lowest BCUT2D eigenvalue weighted by Crippen LogP contribution is -2.19. The van der Waals surface area contributed by atoms with E-state index in [-0.39, 0.29) is 0 Å². The first-order valence-corrected chi connectivity index (χ1v) is 22.2. The molecule has 0 fully saturated rings. The maximum absolute atomic E-state index is 4.44. The van der Waals surface area contributed by atoms with Gasteiger partial charge in [-0.25, -0.2) is 0 Å². The Kier molecular flexibility index (Phi) is 40.0. The molecule has 0 aromatic rings. The zero-order valence-electron chi connectivity index (χ0n) is 17.9. The van der Waals surface area contributed by atoms with E-state index in [0.717, 1.165) is 61.3 Å². The molecule has 0 heterocycles. The Hall–Kier alpha value is 5.25. The normalized spacial score (nSPS) is 13.3. The van der Waals surface area contributed by atoms with Crippen LogP contribution in [0.25, 0.3) is 0 Å². The molecule has 0 aliphatic carbocycles. The minimum absolute atomic E-state index is 0.588. The summed E-state index contributed by atoms with van der Waals surface area (Å²) in [6.07, 6.45) is 1.16. The van der Waals surface area contributed by atoms with Gasteiger partial charge in [0.25, 0.3) is 0 Å². The Balaban J connectivity index is 0. The van der Waals surface area contributed by atoms with Gasteiger partial charge in [-0.1, -0.05) is 0 Å². The van der Waals surface area contributed by atoms with Crippen molar-refractivity contribution >= 4 is 183 Å². The van der Waals surface area contributed by atoms with E-state index >= 15 is 0 Å². The van der Waals surface area contributed by atoms with Gasteiger partial charge in [-0.3, -0.25) is 0 Å². The van der Waals surface area contributed by atoms with Gasteiger partial charge in [-0.15, -0.1) is 47.0 Å². The van der Waals surface area contributed by atoms with Crippen LogP contribution in [0.2, 0.25) is 0 Å². The molecule has 0 amide bonds. The second kappa shape index (κ2) is 32.5. The fraction of sp³-hybridized carbons (Fsp3) is 1.00. The van der Waals surface area contributed by atoms with Crippen molar-refractivity contribution in [2.24, 2.45) is 0 Å². The molecular formula is C17H38S15. The summed E-state index contributed by atoms with van der Waals surface area (Å²) >= 11 is 47.9. The van der Waals surface area contributed by atoms with Crippen LogP contribution in [-0.4, -0.2) is 86.0 Å². The van der Waals surface area contributed by atoms with Crippen molar-refractivity contribution < 1.29 is 0 Å². The molecule has 0 bridgehead atoms. The first-order chi connectivity index (χ1) is 15.6. The molecule has 0 N–H and O–H groups in total. The lowest BCUT2D eigenvalue weighted by molar-refractivity contribution is 1.03. The summed E-state index contributed by atoms with van der Waals surface area (Å²) in [5.74, 6) is 8.44. The number of thiol groups is 8. The van der Waals surface area contributed by atoms with Crippen molar-refractivity contribution in [1.29, 1.82) is 0 Å². The molecule has 32 heavy (non-hydrogen) atoms. The highest BCUT2D eigenvalue weighted by atomic mass is 32.2. The van der Waals surface area contributed by atoms with Gasteiger partial charge >= 0.3 is 0 Å². The zero-order chi connectivity index (χ0) is 24.5. The van der Waals surface area contributed by atoms with E-state index < -0.39 is 0 Å². The van der Waals surface area contributed by atoms with Gasteiger partial charge < -0.3 is 0 Å². The third-order valence-corrected chi connectivity index (χ3v) is 16.1. The van der Waals surface area contributed by atoms with Crippen LogP contribution in [0.1, 0.15) is 6.42 Å². The van der Waals surface area contributed by atoms with Crippen LogP contribution >= 0.6 is 183 Å². The Bertz CT molecular complexity index is 310. The molecule has 0 aliphatic rings. The molecule has 2 unspecified atom stereocenters. The predicted octanol–water partition coefficient (Wildman–Crippen LogP) is 8.15. The SMILES string of the molecule is SCCSCC(CS)SC(CS)CSCCS.SCSC(CC(SCS)SCS)SCS. The third-order valence-electron chi connectivity index (χ3n) is 3.30. The van der Waals surface area contributed by atoms with Gasteiger partial charge in [0.2, 0.25) is 0 Å². The summed E-state index contributed by atoms with van der Waals surface area (Å²) in [5.41, 5.74) is 0. The molecular weight excluding hydrogens is 685 g/mol. The summed E-state index contributed by atoms with van der Waals surface area (Å²) in [6.45, 7) is 0. The second-order valence-corrected chi connectivity index (χ2v) is 19.5. The highest BCUT2D eigenvalue weighted by Crippen LogP contribution is 2.37. The largest absolute Gasteiger partial charge is 0.179 e. The maximum Gasteiger partial charge on any atom is 0.0537 e. The van der Waals surface area contributed by atoms with E-state index in [1.54, 1.807) is 0 Å². The smallest absolute Gasteiger partial charge is 0.0537 e. The van der Waals surface area contributed by atoms with Crippen molar-refractivity contribution in [3.63, 3.8) is 0 Å². The van der Waals surface area contributed by atoms with Crippen LogP contribution in [0.15, 0.2) is 0 Å². The molecule has 0 spiro atoms. The fourth-order valence-corrected chi connectivity index (χ4v) is 14.6. The quantitative estimate of drug-likeness (QED) is 0.0319. The summed E-state index contributed by atoms with van der Waals surface area (Å²) in [5, 5.41) is 4.75. The van der Waals surface area contributed by atoms with Gasteiger partial charge in [0.1, 0.15) is 0 Å². The van der Waals surface area contributed by atoms with Crippen molar-refractivity contribution in [2.75, 3.05) is 66.4 Å². The van der Waals surface area contributed by atoms with Crippen molar-refractivity contribution in [1.82, 2.24) is 0 Å². The number of hydrogen-bond acceptors (Lipinski definition) is 15. The molecule has 2 atom stereocenters. The Morgan fingerprint density at radius 3 is 1.09 bits per heavy atom.